The van der Waals surface area contributed by atoms with Gasteiger partial charge in [-0.15, -0.1) is 0 Å². The molecule has 1 aromatic carbocycles. The van der Waals surface area contributed by atoms with Crippen LogP contribution in [0.3, 0.4) is 0 Å². The number of nitrogens with zero attached hydrogens (tertiary/aromatic N) is 2. The monoisotopic (exact) mass is 216 g/mol. The normalized spacial score (nSPS) is 25.6. The Morgan fingerprint density at radius 2 is 1.56 bits per heavy atom. The fraction of sp³-hybridized carbons (Fsp3) is 0.571. The van der Waals surface area contributed by atoms with Gasteiger partial charge in [0.2, 0.25) is 0 Å². The first-order valence-corrected chi connectivity index (χ1v) is 6.30. The number of benzene rings is 1. The number of piperazine rings is 1. The molecule has 2 aliphatic rings. The van der Waals surface area contributed by atoms with E-state index in [-0.39, 0.29) is 0 Å². The van der Waals surface area contributed by atoms with Gasteiger partial charge >= 0.3 is 0 Å². The van der Waals surface area contributed by atoms with Crippen LogP contribution < -0.4 is 0 Å². The predicted octanol–water partition coefficient (Wildman–Crippen LogP) is 1.92. The van der Waals surface area contributed by atoms with Crippen LogP contribution in [-0.4, -0.2) is 43.0 Å². The molecule has 2 heteroatoms. The molecule has 0 unspecified atom stereocenters. The summed E-state index contributed by atoms with van der Waals surface area (Å²) in [6, 6.07) is 11.1. The molecule has 86 valence electrons. The molecule has 0 radical (unpaired) electrons. The largest absolute Gasteiger partial charge is 0.304 e. The van der Waals surface area contributed by atoms with E-state index in [2.05, 4.69) is 47.2 Å². The van der Waals surface area contributed by atoms with Crippen molar-refractivity contribution in [3.63, 3.8) is 0 Å². The molecule has 2 fully saturated rings. The Balaban J connectivity index is 1.79. The van der Waals surface area contributed by atoms with Crippen LogP contribution in [0.15, 0.2) is 30.3 Å². The minimum Gasteiger partial charge on any atom is -0.304 e. The predicted molar refractivity (Wildman–Crippen MR) is 66.4 cm³/mol. The van der Waals surface area contributed by atoms with Crippen LogP contribution in [0.4, 0.5) is 0 Å². The standard InChI is InChI=1S/C14H20N2/c1-15-9-11-16(12-10-15)14(7-8-14)13-5-3-2-4-6-13/h2-6H,7-12H2,1H3. The summed E-state index contributed by atoms with van der Waals surface area (Å²) in [6.07, 6.45) is 2.70. The highest BCUT2D eigenvalue weighted by atomic mass is 15.3. The van der Waals surface area contributed by atoms with E-state index in [1.54, 1.807) is 0 Å². The molecule has 0 amide bonds. The minimum atomic E-state index is 0.405. The molecule has 1 aliphatic heterocycles. The first-order valence-electron chi connectivity index (χ1n) is 6.30. The van der Waals surface area contributed by atoms with Gasteiger partial charge in [0, 0.05) is 31.7 Å². The van der Waals surface area contributed by atoms with Crippen molar-refractivity contribution in [1.82, 2.24) is 9.80 Å². The van der Waals surface area contributed by atoms with Gasteiger partial charge in [-0.3, -0.25) is 4.90 Å². The van der Waals surface area contributed by atoms with E-state index in [0.717, 1.165) is 0 Å². The second kappa shape index (κ2) is 3.86. The summed E-state index contributed by atoms with van der Waals surface area (Å²) >= 11 is 0. The van der Waals surface area contributed by atoms with Crippen LogP contribution in [0.1, 0.15) is 18.4 Å². The zero-order valence-corrected chi connectivity index (χ0v) is 10.0. The molecule has 0 spiro atoms. The number of hydrogen-bond acceptors (Lipinski definition) is 2. The average molecular weight is 216 g/mol. The van der Waals surface area contributed by atoms with Crippen LogP contribution in [0.2, 0.25) is 0 Å². The molecule has 3 rings (SSSR count). The molecule has 1 saturated heterocycles. The van der Waals surface area contributed by atoms with E-state index in [9.17, 15) is 0 Å². The van der Waals surface area contributed by atoms with Crippen LogP contribution in [0.5, 0.6) is 0 Å². The Kier molecular flexibility index (Phi) is 2.49. The summed E-state index contributed by atoms with van der Waals surface area (Å²) in [6.45, 7) is 4.89. The van der Waals surface area contributed by atoms with Gasteiger partial charge in [0.15, 0.2) is 0 Å². The maximum atomic E-state index is 2.70. The van der Waals surface area contributed by atoms with Crippen LogP contribution in [0.25, 0.3) is 0 Å². The molecule has 1 aromatic rings. The topological polar surface area (TPSA) is 6.48 Å². The summed E-state index contributed by atoms with van der Waals surface area (Å²) in [5.74, 6) is 0. The molecule has 0 aromatic heterocycles. The Labute approximate surface area is 97.9 Å². The van der Waals surface area contributed by atoms with Crippen molar-refractivity contribution in [3.05, 3.63) is 35.9 Å². The Morgan fingerprint density at radius 1 is 0.938 bits per heavy atom. The lowest BCUT2D eigenvalue weighted by molar-refractivity contribution is 0.0976. The summed E-state index contributed by atoms with van der Waals surface area (Å²) in [5.41, 5.74) is 1.93. The van der Waals surface area contributed by atoms with Crippen molar-refractivity contribution in [2.45, 2.75) is 18.4 Å². The van der Waals surface area contributed by atoms with Crippen LogP contribution in [0, 0.1) is 0 Å². The van der Waals surface area contributed by atoms with Crippen molar-refractivity contribution >= 4 is 0 Å². The summed E-state index contributed by atoms with van der Waals surface area (Å²) in [5, 5.41) is 0. The molecule has 1 saturated carbocycles. The van der Waals surface area contributed by atoms with E-state index < -0.39 is 0 Å². The zero-order valence-electron chi connectivity index (χ0n) is 10.0. The number of likely N-dealkylation sites (N-methyl/N-ethyl adjacent to an activating group) is 1. The van der Waals surface area contributed by atoms with Gasteiger partial charge in [-0.1, -0.05) is 30.3 Å². The molecule has 0 atom stereocenters. The molecular formula is C14H20N2. The molecular weight excluding hydrogens is 196 g/mol. The molecule has 2 nitrogen and oxygen atoms in total. The van der Waals surface area contributed by atoms with E-state index in [0.29, 0.717) is 5.54 Å². The molecule has 0 bridgehead atoms. The average Bonchev–Trinajstić information content (AvgIpc) is 3.13. The third-order valence-electron chi connectivity index (χ3n) is 4.14. The second-order valence-electron chi connectivity index (χ2n) is 5.19. The third kappa shape index (κ3) is 1.66. The maximum Gasteiger partial charge on any atom is 0.0463 e. The second-order valence-corrected chi connectivity index (χ2v) is 5.19. The van der Waals surface area contributed by atoms with E-state index in [1.807, 2.05) is 0 Å². The Hall–Kier alpha value is -0.860. The third-order valence-corrected chi connectivity index (χ3v) is 4.14. The van der Waals surface area contributed by atoms with Crippen molar-refractivity contribution in [1.29, 1.82) is 0 Å². The van der Waals surface area contributed by atoms with E-state index >= 15 is 0 Å². The lowest BCUT2D eigenvalue weighted by Crippen LogP contribution is -2.49. The Bertz CT molecular complexity index is 348. The van der Waals surface area contributed by atoms with Crippen LogP contribution in [-0.2, 0) is 5.54 Å². The van der Waals surface area contributed by atoms with Crippen molar-refractivity contribution in [2.24, 2.45) is 0 Å². The Morgan fingerprint density at radius 3 is 2.12 bits per heavy atom. The lowest BCUT2D eigenvalue weighted by atomic mass is 10.0. The highest BCUT2D eigenvalue weighted by Gasteiger charge is 2.49. The minimum absolute atomic E-state index is 0.405. The lowest BCUT2D eigenvalue weighted by Gasteiger charge is -2.38. The zero-order chi connectivity index (χ0) is 11.0. The smallest absolute Gasteiger partial charge is 0.0463 e. The fourth-order valence-electron chi connectivity index (χ4n) is 2.89. The van der Waals surface area contributed by atoms with Gasteiger partial charge < -0.3 is 4.90 Å². The van der Waals surface area contributed by atoms with Crippen molar-refractivity contribution < 1.29 is 0 Å². The van der Waals surface area contributed by atoms with Gasteiger partial charge in [-0.25, -0.2) is 0 Å². The molecule has 1 heterocycles. The highest BCUT2D eigenvalue weighted by molar-refractivity contribution is 5.30. The van der Waals surface area contributed by atoms with Gasteiger partial charge in [-0.2, -0.15) is 0 Å². The summed E-state index contributed by atoms with van der Waals surface area (Å²) in [7, 11) is 2.22. The van der Waals surface area contributed by atoms with Crippen molar-refractivity contribution in [2.75, 3.05) is 33.2 Å². The van der Waals surface area contributed by atoms with E-state index in [4.69, 9.17) is 0 Å². The number of hydrogen-bond donors (Lipinski definition) is 0. The SMILES string of the molecule is CN1CCN(C2(c3ccccc3)CC2)CC1. The maximum absolute atomic E-state index is 2.70. The van der Waals surface area contributed by atoms with Crippen LogP contribution >= 0.6 is 0 Å². The fourth-order valence-corrected chi connectivity index (χ4v) is 2.89. The molecule has 1 aliphatic carbocycles. The summed E-state index contributed by atoms with van der Waals surface area (Å²) < 4.78 is 0. The van der Waals surface area contributed by atoms with Gasteiger partial charge in [0.1, 0.15) is 0 Å². The van der Waals surface area contributed by atoms with Gasteiger partial charge in [-0.05, 0) is 25.5 Å². The first-order chi connectivity index (χ1) is 7.81. The molecule has 0 N–H and O–H groups in total. The quantitative estimate of drug-likeness (QED) is 0.745. The number of rotatable bonds is 2. The molecule has 16 heavy (non-hydrogen) atoms. The summed E-state index contributed by atoms with van der Waals surface area (Å²) in [4.78, 5) is 5.12. The van der Waals surface area contributed by atoms with Gasteiger partial charge in [0.05, 0.1) is 0 Å². The van der Waals surface area contributed by atoms with Crippen molar-refractivity contribution in [3.8, 4) is 0 Å². The highest BCUT2D eigenvalue weighted by Crippen LogP contribution is 2.51. The first kappa shape index (κ1) is 10.3. The van der Waals surface area contributed by atoms with E-state index in [1.165, 1.54) is 44.6 Å². The van der Waals surface area contributed by atoms with Gasteiger partial charge in [0.25, 0.3) is 0 Å².